The number of hydrogen-bond donors (Lipinski definition) is 0. The number of hydrogen-bond acceptors (Lipinski definition) is 5. The van der Waals surface area contributed by atoms with Crippen LogP contribution in [0.4, 0.5) is 0 Å². The number of benzene rings is 1. The quantitative estimate of drug-likeness (QED) is 0.267. The average Bonchev–Trinajstić information content (AvgIpc) is 3.04. The number of esters is 1. The second-order valence-corrected chi connectivity index (χ2v) is 10.7. The minimum atomic E-state index is -0.528. The Balaban J connectivity index is 2.05. The van der Waals surface area contributed by atoms with Crippen molar-refractivity contribution in [3.63, 3.8) is 0 Å². The molecule has 2 aromatic rings. The number of thiophene rings is 1. The molecule has 0 unspecified atom stereocenters. The maximum Gasteiger partial charge on any atom is 0.339 e. The monoisotopic (exact) mass is 512 g/mol. The van der Waals surface area contributed by atoms with Crippen LogP contribution in [-0.2, 0) is 15.6 Å². The maximum absolute atomic E-state index is 12.0. The first-order valence-corrected chi connectivity index (χ1v) is 11.1. The van der Waals surface area contributed by atoms with Crippen molar-refractivity contribution < 1.29 is 19.1 Å². The highest BCUT2D eigenvalue weighted by Crippen LogP contribution is 2.48. The van der Waals surface area contributed by atoms with E-state index >= 15 is 0 Å². The van der Waals surface area contributed by atoms with Crippen molar-refractivity contribution >= 4 is 45.7 Å². The number of fused-ring (bicyclic) bond motifs is 1. The van der Waals surface area contributed by atoms with E-state index in [1.54, 1.807) is 6.07 Å². The number of halogens is 1. The molecule has 0 saturated heterocycles. The number of carbonyl (C=O) groups is 2. The highest BCUT2D eigenvalue weighted by Gasteiger charge is 2.38. The highest BCUT2D eigenvalue weighted by molar-refractivity contribution is 14.1. The van der Waals surface area contributed by atoms with Crippen LogP contribution in [-0.4, -0.2) is 18.9 Å². The lowest BCUT2D eigenvalue weighted by atomic mass is 9.63. The molecule has 0 saturated carbocycles. The third-order valence-electron chi connectivity index (χ3n) is 5.55. The Hall–Kier alpha value is -1.41. The second kappa shape index (κ2) is 7.44. The van der Waals surface area contributed by atoms with Gasteiger partial charge in [-0.25, -0.2) is 4.79 Å². The van der Waals surface area contributed by atoms with Crippen molar-refractivity contribution in [2.24, 2.45) is 0 Å². The van der Waals surface area contributed by atoms with Crippen LogP contribution in [0.15, 0.2) is 18.2 Å². The summed E-state index contributed by atoms with van der Waals surface area (Å²) in [5.74, 6) is 0.0421. The van der Waals surface area contributed by atoms with Gasteiger partial charge in [0.05, 0.1) is 21.1 Å². The van der Waals surface area contributed by atoms with Crippen LogP contribution in [0, 0.1) is 3.57 Å². The van der Waals surface area contributed by atoms with Gasteiger partial charge in [-0.05, 0) is 76.4 Å². The summed E-state index contributed by atoms with van der Waals surface area (Å²) in [7, 11) is 1.31. The first-order chi connectivity index (χ1) is 13.0. The van der Waals surface area contributed by atoms with E-state index in [0.29, 0.717) is 9.94 Å². The smallest absolute Gasteiger partial charge is 0.339 e. The molecule has 0 radical (unpaired) electrons. The number of ether oxygens (including phenoxy) is 2. The van der Waals surface area contributed by atoms with Crippen molar-refractivity contribution in [3.8, 4) is 10.8 Å². The Morgan fingerprint density at radius 2 is 1.61 bits per heavy atom. The van der Waals surface area contributed by atoms with Gasteiger partial charge in [-0.15, -0.1) is 0 Å². The Morgan fingerprint density at radius 1 is 1.04 bits per heavy atom. The van der Waals surface area contributed by atoms with Gasteiger partial charge in [0, 0.05) is 6.07 Å². The first-order valence-electron chi connectivity index (χ1n) is 9.22. The number of methoxy groups -OCH3 is 1. The van der Waals surface area contributed by atoms with Gasteiger partial charge >= 0.3 is 5.97 Å². The summed E-state index contributed by atoms with van der Waals surface area (Å²) in [4.78, 5) is 24.3. The molecule has 150 valence electrons. The minimum Gasteiger partial charge on any atom is -0.465 e. The third kappa shape index (κ3) is 3.85. The predicted molar refractivity (Wildman–Crippen MR) is 120 cm³/mol. The predicted octanol–water partition coefficient (Wildman–Crippen LogP) is 6.48. The van der Waals surface area contributed by atoms with Gasteiger partial charge in [0.25, 0.3) is 0 Å². The standard InChI is InChI=1S/C22H25IO4S/c1-12(24)19-13(20(25)26-6)9-18(28-19)27-17-11-15-14(10-16(17)23)21(2,3)7-8-22(15,4)5/h9-11H,7-8H2,1-6H3. The molecule has 0 N–H and O–H groups in total. The van der Waals surface area contributed by atoms with Crippen LogP contribution in [0.2, 0.25) is 0 Å². The lowest BCUT2D eigenvalue weighted by Gasteiger charge is -2.42. The normalized spacial score (nSPS) is 17.0. The molecule has 1 aliphatic rings. The fourth-order valence-electron chi connectivity index (χ4n) is 3.70. The first kappa shape index (κ1) is 21.3. The molecule has 28 heavy (non-hydrogen) atoms. The number of ketones is 1. The number of carbonyl (C=O) groups excluding carboxylic acids is 2. The zero-order valence-corrected chi connectivity index (χ0v) is 20.0. The third-order valence-corrected chi connectivity index (χ3v) is 7.51. The van der Waals surface area contributed by atoms with Gasteiger partial charge in [-0.3, -0.25) is 4.79 Å². The Labute approximate surface area is 183 Å². The van der Waals surface area contributed by atoms with E-state index in [-0.39, 0.29) is 22.2 Å². The summed E-state index contributed by atoms with van der Waals surface area (Å²) < 4.78 is 12.0. The Bertz CT molecular complexity index is 956. The van der Waals surface area contributed by atoms with Crippen molar-refractivity contribution in [1.29, 1.82) is 0 Å². The highest BCUT2D eigenvalue weighted by atomic mass is 127. The lowest BCUT2D eigenvalue weighted by Crippen LogP contribution is -2.33. The lowest BCUT2D eigenvalue weighted by molar-refractivity contribution is 0.0598. The van der Waals surface area contributed by atoms with E-state index in [9.17, 15) is 9.59 Å². The number of rotatable bonds is 4. The van der Waals surface area contributed by atoms with E-state index in [1.807, 2.05) is 0 Å². The zero-order valence-electron chi connectivity index (χ0n) is 17.1. The molecule has 1 aliphatic carbocycles. The van der Waals surface area contributed by atoms with Gasteiger partial charge < -0.3 is 9.47 Å². The summed E-state index contributed by atoms with van der Waals surface area (Å²) in [6.07, 6.45) is 2.27. The van der Waals surface area contributed by atoms with E-state index in [0.717, 1.165) is 22.2 Å². The maximum atomic E-state index is 12.0. The van der Waals surface area contributed by atoms with E-state index < -0.39 is 5.97 Å². The molecule has 0 bridgehead atoms. The fraction of sp³-hybridized carbons (Fsp3) is 0.455. The van der Waals surface area contributed by atoms with Gasteiger partial charge in [-0.1, -0.05) is 39.0 Å². The molecule has 0 amide bonds. The molecule has 1 aromatic heterocycles. The minimum absolute atomic E-state index is 0.0739. The topological polar surface area (TPSA) is 52.6 Å². The van der Waals surface area contributed by atoms with Crippen molar-refractivity contribution in [2.45, 2.75) is 58.3 Å². The molecule has 1 aromatic carbocycles. The molecular formula is C22H25IO4S. The van der Waals surface area contributed by atoms with Crippen LogP contribution in [0.25, 0.3) is 0 Å². The molecule has 3 rings (SSSR count). The van der Waals surface area contributed by atoms with Gasteiger partial charge in [0.15, 0.2) is 10.8 Å². The van der Waals surface area contributed by atoms with Crippen LogP contribution < -0.4 is 4.74 Å². The molecule has 1 heterocycles. The van der Waals surface area contributed by atoms with Crippen molar-refractivity contribution in [2.75, 3.05) is 7.11 Å². The molecule has 0 atom stereocenters. The second-order valence-electron chi connectivity index (χ2n) is 8.55. The molecule has 6 heteroatoms. The average molecular weight is 512 g/mol. The molecule has 0 aliphatic heterocycles. The van der Waals surface area contributed by atoms with E-state index in [1.165, 1.54) is 36.5 Å². The molecular weight excluding hydrogens is 487 g/mol. The van der Waals surface area contributed by atoms with Gasteiger partial charge in [-0.2, -0.15) is 0 Å². The summed E-state index contributed by atoms with van der Waals surface area (Å²) in [6.45, 7) is 10.6. The fourth-order valence-corrected chi connectivity index (χ4v) is 5.18. The van der Waals surface area contributed by atoms with E-state index in [4.69, 9.17) is 9.47 Å². The van der Waals surface area contributed by atoms with Crippen LogP contribution in [0.5, 0.6) is 10.8 Å². The number of Topliss-reactive ketones (excluding diaryl/α,β-unsaturated/α-hetero) is 1. The van der Waals surface area contributed by atoms with Crippen LogP contribution >= 0.6 is 33.9 Å². The summed E-state index contributed by atoms with van der Waals surface area (Å²) in [5, 5.41) is 0.511. The SMILES string of the molecule is COC(=O)c1cc(Oc2cc3c(cc2I)C(C)(C)CCC3(C)C)sc1C(C)=O. The van der Waals surface area contributed by atoms with E-state index in [2.05, 4.69) is 62.4 Å². The summed E-state index contributed by atoms with van der Waals surface area (Å²) in [5.41, 5.74) is 3.13. The van der Waals surface area contributed by atoms with Crippen LogP contribution in [0.1, 0.15) is 78.6 Å². The summed E-state index contributed by atoms with van der Waals surface area (Å²) >= 11 is 3.47. The van der Waals surface area contributed by atoms with Crippen molar-refractivity contribution in [1.82, 2.24) is 0 Å². The summed E-state index contributed by atoms with van der Waals surface area (Å²) in [6, 6.07) is 5.94. The van der Waals surface area contributed by atoms with Gasteiger partial charge in [0.1, 0.15) is 5.75 Å². The van der Waals surface area contributed by atoms with Crippen molar-refractivity contribution in [3.05, 3.63) is 43.3 Å². The molecule has 0 spiro atoms. The molecule has 0 fully saturated rings. The molecule has 4 nitrogen and oxygen atoms in total. The Kier molecular flexibility index (Phi) is 5.66. The van der Waals surface area contributed by atoms with Gasteiger partial charge in [0.2, 0.25) is 0 Å². The Morgan fingerprint density at radius 3 is 2.14 bits per heavy atom. The largest absolute Gasteiger partial charge is 0.465 e. The van der Waals surface area contributed by atoms with Crippen LogP contribution in [0.3, 0.4) is 0 Å². The zero-order chi connectivity index (χ0) is 20.9.